The van der Waals surface area contributed by atoms with Crippen LogP contribution >= 0.6 is 0 Å². The number of oxime groups is 1. The number of ether oxygens (including phenoxy) is 1. The first-order valence-corrected chi connectivity index (χ1v) is 6.65. The molecule has 0 heterocycles. The molecule has 0 amide bonds. The Labute approximate surface area is 108 Å². The molecule has 98 valence electrons. The Morgan fingerprint density at radius 2 is 1.78 bits per heavy atom. The molecule has 3 heteroatoms. The van der Waals surface area contributed by atoms with Crippen LogP contribution in [0, 0.1) is 5.92 Å². The van der Waals surface area contributed by atoms with E-state index in [4.69, 9.17) is 9.94 Å². The van der Waals surface area contributed by atoms with Crippen LogP contribution in [0.1, 0.15) is 45.1 Å². The summed E-state index contributed by atoms with van der Waals surface area (Å²) in [5.74, 6) is 1.75. The van der Waals surface area contributed by atoms with Gasteiger partial charge in [-0.25, -0.2) is 0 Å². The molecule has 0 aliphatic heterocycles. The van der Waals surface area contributed by atoms with Crippen molar-refractivity contribution in [1.29, 1.82) is 0 Å². The summed E-state index contributed by atoms with van der Waals surface area (Å²) in [6, 6.07) is 7.75. The van der Waals surface area contributed by atoms with Crippen molar-refractivity contribution in [3.05, 3.63) is 29.8 Å². The van der Waals surface area contributed by atoms with Gasteiger partial charge in [0.1, 0.15) is 5.75 Å². The van der Waals surface area contributed by atoms with Crippen LogP contribution in [0.25, 0.3) is 0 Å². The van der Waals surface area contributed by atoms with Gasteiger partial charge in [-0.1, -0.05) is 12.1 Å². The highest BCUT2D eigenvalue weighted by molar-refractivity contribution is 5.98. The second-order valence-electron chi connectivity index (χ2n) is 5.21. The number of hydrogen-bond donors (Lipinski definition) is 1. The predicted molar refractivity (Wildman–Crippen MR) is 72.5 cm³/mol. The monoisotopic (exact) mass is 247 g/mol. The number of rotatable bonds is 3. The molecule has 1 aromatic carbocycles. The molecule has 0 atom stereocenters. The maximum Gasteiger partial charge on any atom is 0.119 e. The van der Waals surface area contributed by atoms with Gasteiger partial charge < -0.3 is 9.94 Å². The Bertz CT molecular complexity index is 403. The molecule has 2 rings (SSSR count). The van der Waals surface area contributed by atoms with Crippen molar-refractivity contribution in [3.8, 4) is 5.75 Å². The summed E-state index contributed by atoms with van der Waals surface area (Å²) in [5.41, 5.74) is 1.54. The van der Waals surface area contributed by atoms with Crippen molar-refractivity contribution in [3.63, 3.8) is 0 Å². The fraction of sp³-hybridized carbons (Fsp3) is 0.533. The van der Waals surface area contributed by atoms with Crippen molar-refractivity contribution in [2.75, 3.05) is 0 Å². The number of nitrogens with zero attached hydrogens (tertiary/aromatic N) is 1. The van der Waals surface area contributed by atoms with E-state index in [2.05, 4.69) is 12.1 Å². The quantitative estimate of drug-likeness (QED) is 0.501. The van der Waals surface area contributed by atoms with E-state index in [0.29, 0.717) is 11.8 Å². The molecule has 18 heavy (non-hydrogen) atoms. The van der Waals surface area contributed by atoms with E-state index in [1.54, 1.807) is 6.92 Å². The van der Waals surface area contributed by atoms with Crippen LogP contribution < -0.4 is 4.74 Å². The van der Waals surface area contributed by atoms with Crippen LogP contribution in [0.3, 0.4) is 0 Å². The molecule has 0 unspecified atom stereocenters. The van der Waals surface area contributed by atoms with Gasteiger partial charge in [0.15, 0.2) is 0 Å². The predicted octanol–water partition coefficient (Wildman–Crippen LogP) is 3.84. The molecule has 3 nitrogen and oxygen atoms in total. The van der Waals surface area contributed by atoms with Gasteiger partial charge in [0.2, 0.25) is 0 Å². The summed E-state index contributed by atoms with van der Waals surface area (Å²) in [6.45, 7) is 4.08. The normalized spacial score (nSPS) is 24.9. The standard InChI is InChI=1S/C15H21NO2/c1-11-3-7-14(8-4-11)18-15-9-5-13(6-10-15)12(2)16-17/h5-6,9-11,14,17H,3-4,7-8H2,1-2H3. The van der Waals surface area contributed by atoms with Crippen LogP contribution in [0.5, 0.6) is 5.75 Å². The van der Waals surface area contributed by atoms with E-state index in [-0.39, 0.29) is 0 Å². The molecule has 0 radical (unpaired) electrons. The molecule has 1 aromatic rings. The molecule has 1 fully saturated rings. The molecule has 0 saturated heterocycles. The summed E-state index contributed by atoms with van der Waals surface area (Å²) >= 11 is 0. The van der Waals surface area contributed by atoms with Gasteiger partial charge in [-0.05, 0) is 68.4 Å². The first kappa shape index (κ1) is 12.9. The average molecular weight is 247 g/mol. The first-order valence-electron chi connectivity index (χ1n) is 6.65. The summed E-state index contributed by atoms with van der Waals surface area (Å²) in [5, 5.41) is 11.9. The lowest BCUT2D eigenvalue weighted by Crippen LogP contribution is -2.22. The lowest BCUT2D eigenvalue weighted by Gasteiger charge is -2.26. The van der Waals surface area contributed by atoms with Gasteiger partial charge in [0, 0.05) is 0 Å². The van der Waals surface area contributed by atoms with E-state index in [1.165, 1.54) is 12.8 Å². The second kappa shape index (κ2) is 5.89. The minimum absolute atomic E-state index is 0.361. The summed E-state index contributed by atoms with van der Waals surface area (Å²) in [6.07, 6.45) is 5.19. The summed E-state index contributed by atoms with van der Waals surface area (Å²) < 4.78 is 5.97. The van der Waals surface area contributed by atoms with E-state index < -0.39 is 0 Å². The molecule has 0 spiro atoms. The van der Waals surface area contributed by atoms with Gasteiger partial charge in [0.05, 0.1) is 11.8 Å². The third kappa shape index (κ3) is 3.25. The Kier molecular flexibility index (Phi) is 4.24. The van der Waals surface area contributed by atoms with Crippen molar-refractivity contribution < 1.29 is 9.94 Å². The van der Waals surface area contributed by atoms with E-state index in [0.717, 1.165) is 30.1 Å². The maximum atomic E-state index is 8.70. The smallest absolute Gasteiger partial charge is 0.119 e. The summed E-state index contributed by atoms with van der Waals surface area (Å²) in [7, 11) is 0. The molecule has 0 aromatic heterocycles. The van der Waals surface area contributed by atoms with Gasteiger partial charge in [-0.2, -0.15) is 0 Å². The second-order valence-corrected chi connectivity index (χ2v) is 5.21. The van der Waals surface area contributed by atoms with E-state index in [1.807, 2.05) is 24.3 Å². The third-order valence-electron chi connectivity index (χ3n) is 3.69. The van der Waals surface area contributed by atoms with Gasteiger partial charge in [0.25, 0.3) is 0 Å². The molecular weight excluding hydrogens is 226 g/mol. The van der Waals surface area contributed by atoms with E-state index >= 15 is 0 Å². The van der Waals surface area contributed by atoms with Crippen LogP contribution in [0.2, 0.25) is 0 Å². The van der Waals surface area contributed by atoms with Crippen LogP contribution in [0.4, 0.5) is 0 Å². The van der Waals surface area contributed by atoms with Crippen LogP contribution in [-0.2, 0) is 0 Å². The minimum Gasteiger partial charge on any atom is -0.490 e. The Morgan fingerprint density at radius 1 is 1.17 bits per heavy atom. The minimum atomic E-state index is 0.361. The topological polar surface area (TPSA) is 41.8 Å². The molecular formula is C15H21NO2. The zero-order valence-electron chi connectivity index (χ0n) is 11.1. The average Bonchev–Trinajstić information content (AvgIpc) is 2.41. The Morgan fingerprint density at radius 3 is 2.33 bits per heavy atom. The number of hydrogen-bond acceptors (Lipinski definition) is 3. The molecule has 0 bridgehead atoms. The molecule has 1 aliphatic carbocycles. The Hall–Kier alpha value is -1.51. The molecule has 1 N–H and O–H groups in total. The summed E-state index contributed by atoms with van der Waals surface area (Å²) in [4.78, 5) is 0. The largest absolute Gasteiger partial charge is 0.490 e. The van der Waals surface area contributed by atoms with Crippen molar-refractivity contribution in [1.82, 2.24) is 0 Å². The highest BCUT2D eigenvalue weighted by Gasteiger charge is 2.19. The zero-order chi connectivity index (χ0) is 13.0. The maximum absolute atomic E-state index is 8.70. The SMILES string of the molecule is CC(=NO)c1ccc(OC2CCC(C)CC2)cc1. The number of benzene rings is 1. The fourth-order valence-corrected chi connectivity index (χ4v) is 2.37. The fourth-order valence-electron chi connectivity index (χ4n) is 2.37. The first-order chi connectivity index (χ1) is 8.69. The van der Waals surface area contributed by atoms with Crippen molar-refractivity contribution in [2.24, 2.45) is 11.1 Å². The van der Waals surface area contributed by atoms with Crippen molar-refractivity contribution >= 4 is 5.71 Å². The van der Waals surface area contributed by atoms with Crippen LogP contribution in [0.15, 0.2) is 29.4 Å². The zero-order valence-corrected chi connectivity index (χ0v) is 11.1. The lowest BCUT2D eigenvalue weighted by atomic mass is 9.89. The van der Waals surface area contributed by atoms with Crippen molar-refractivity contribution in [2.45, 2.75) is 45.6 Å². The third-order valence-corrected chi connectivity index (χ3v) is 3.69. The molecule has 1 aliphatic rings. The van der Waals surface area contributed by atoms with Crippen LogP contribution in [-0.4, -0.2) is 17.0 Å². The van der Waals surface area contributed by atoms with Gasteiger partial charge >= 0.3 is 0 Å². The highest BCUT2D eigenvalue weighted by atomic mass is 16.5. The van der Waals surface area contributed by atoms with Gasteiger partial charge in [-0.3, -0.25) is 0 Å². The highest BCUT2D eigenvalue weighted by Crippen LogP contribution is 2.27. The van der Waals surface area contributed by atoms with E-state index in [9.17, 15) is 0 Å². The lowest BCUT2D eigenvalue weighted by molar-refractivity contribution is 0.135. The van der Waals surface area contributed by atoms with Gasteiger partial charge in [-0.15, -0.1) is 0 Å². The Balaban J connectivity index is 1.94. The molecule has 1 saturated carbocycles.